The number of hydrogen-bond acceptors (Lipinski definition) is 5. The molecule has 0 amide bonds. The smallest absolute Gasteiger partial charge is 0.295 e. The van der Waals surface area contributed by atoms with Crippen LogP contribution in [0.3, 0.4) is 0 Å². The van der Waals surface area contributed by atoms with Crippen LogP contribution in [-0.4, -0.2) is 29.0 Å². The Balaban J connectivity index is 1.53. The Morgan fingerprint density at radius 1 is 1.19 bits per heavy atom. The molecule has 0 radical (unpaired) electrons. The monoisotopic (exact) mass is 369 g/mol. The second kappa shape index (κ2) is 8.39. The highest BCUT2D eigenvalue weighted by atomic mass is 16.6. The molecule has 2 atom stereocenters. The third-order valence-corrected chi connectivity index (χ3v) is 5.29. The Morgan fingerprint density at radius 2 is 1.93 bits per heavy atom. The Hall–Kier alpha value is -2.60. The van der Waals surface area contributed by atoms with Crippen LogP contribution < -0.4 is 10.5 Å². The first-order valence-electron chi connectivity index (χ1n) is 9.42. The van der Waals surface area contributed by atoms with Crippen molar-refractivity contribution < 1.29 is 9.66 Å². The number of rotatable bonds is 7. The van der Waals surface area contributed by atoms with Gasteiger partial charge in [0.25, 0.3) is 5.69 Å². The van der Waals surface area contributed by atoms with E-state index in [1.54, 1.807) is 12.1 Å². The minimum Gasteiger partial charge on any atom is -0.491 e. The van der Waals surface area contributed by atoms with Gasteiger partial charge in [-0.15, -0.1) is 0 Å². The van der Waals surface area contributed by atoms with Crippen LogP contribution in [0.2, 0.25) is 0 Å². The van der Waals surface area contributed by atoms with E-state index in [0.717, 1.165) is 25.9 Å². The Labute approximate surface area is 160 Å². The molecule has 0 spiro atoms. The largest absolute Gasteiger partial charge is 0.491 e. The number of nitrogens with two attached hydrogens (primary N) is 1. The average molecular weight is 369 g/mol. The fraction of sp³-hybridized carbons (Fsp3) is 0.429. The Morgan fingerprint density at radius 3 is 2.67 bits per heavy atom. The first-order valence-corrected chi connectivity index (χ1v) is 9.42. The minimum atomic E-state index is -0.484. The molecule has 0 bridgehead atoms. The molecule has 0 fully saturated rings. The molecule has 27 heavy (non-hydrogen) atoms. The molecule has 1 heterocycles. The van der Waals surface area contributed by atoms with Crippen LogP contribution in [0.5, 0.6) is 5.75 Å². The standard InChI is InChI=1S/C21H27N3O3/c1-15(14-27-20-9-5-8-19(21(20)22)24(25)26)12-16(2)23-11-10-17-6-3-4-7-18(17)13-23/h3-9,15-16H,10-14,22H2,1-2H3. The summed E-state index contributed by atoms with van der Waals surface area (Å²) >= 11 is 0. The molecule has 2 N–H and O–H groups in total. The molecule has 2 unspecified atom stereocenters. The fourth-order valence-electron chi connectivity index (χ4n) is 3.74. The van der Waals surface area contributed by atoms with E-state index in [1.807, 2.05) is 0 Å². The van der Waals surface area contributed by atoms with Crippen molar-refractivity contribution in [2.75, 3.05) is 18.9 Å². The summed E-state index contributed by atoms with van der Waals surface area (Å²) in [5, 5.41) is 11.0. The summed E-state index contributed by atoms with van der Waals surface area (Å²) in [4.78, 5) is 13.0. The van der Waals surface area contributed by atoms with Crippen molar-refractivity contribution in [3.63, 3.8) is 0 Å². The summed E-state index contributed by atoms with van der Waals surface area (Å²) in [5.74, 6) is 0.700. The van der Waals surface area contributed by atoms with Gasteiger partial charge in [-0.3, -0.25) is 15.0 Å². The normalized spacial score (nSPS) is 16.4. The molecule has 144 valence electrons. The lowest BCUT2D eigenvalue weighted by Crippen LogP contribution is -2.38. The van der Waals surface area contributed by atoms with E-state index in [-0.39, 0.29) is 11.4 Å². The number of nitro groups is 1. The minimum absolute atomic E-state index is 0.0929. The zero-order valence-corrected chi connectivity index (χ0v) is 15.9. The number of ether oxygens (including phenoxy) is 1. The first kappa shape index (κ1) is 19.2. The SMILES string of the molecule is CC(COc1cccc([N+](=O)[O-])c1N)CC(C)N1CCc2ccccc2C1. The van der Waals surface area contributed by atoms with Gasteiger partial charge in [0.05, 0.1) is 11.5 Å². The van der Waals surface area contributed by atoms with E-state index in [2.05, 4.69) is 43.0 Å². The van der Waals surface area contributed by atoms with Crippen molar-refractivity contribution >= 4 is 11.4 Å². The molecule has 6 nitrogen and oxygen atoms in total. The molecule has 6 heteroatoms. The Kier molecular flexibility index (Phi) is 5.96. The highest BCUT2D eigenvalue weighted by molar-refractivity contribution is 5.66. The number of nitro benzene ring substituents is 1. The van der Waals surface area contributed by atoms with Gasteiger partial charge >= 0.3 is 0 Å². The van der Waals surface area contributed by atoms with Crippen LogP contribution in [0.4, 0.5) is 11.4 Å². The van der Waals surface area contributed by atoms with E-state index in [0.29, 0.717) is 24.3 Å². The van der Waals surface area contributed by atoms with Gasteiger partial charge in [0, 0.05) is 25.2 Å². The van der Waals surface area contributed by atoms with Gasteiger partial charge in [-0.2, -0.15) is 0 Å². The second-order valence-electron chi connectivity index (χ2n) is 7.44. The predicted molar refractivity (Wildman–Crippen MR) is 107 cm³/mol. The third-order valence-electron chi connectivity index (χ3n) is 5.29. The van der Waals surface area contributed by atoms with E-state index in [4.69, 9.17) is 10.5 Å². The average Bonchev–Trinajstić information content (AvgIpc) is 2.66. The molecule has 2 aromatic carbocycles. The highest BCUT2D eigenvalue weighted by Gasteiger charge is 2.22. The molecule has 2 aromatic rings. The van der Waals surface area contributed by atoms with Crippen molar-refractivity contribution in [1.82, 2.24) is 4.90 Å². The molecule has 1 aliphatic heterocycles. The predicted octanol–water partition coefficient (Wildman–Crippen LogP) is 4.03. The Bertz CT molecular complexity index is 809. The lowest BCUT2D eigenvalue weighted by Gasteiger charge is -2.35. The van der Waals surface area contributed by atoms with Crippen LogP contribution in [0.1, 0.15) is 31.4 Å². The van der Waals surface area contributed by atoms with Gasteiger partial charge in [-0.1, -0.05) is 37.3 Å². The quantitative estimate of drug-likeness (QED) is 0.453. The van der Waals surface area contributed by atoms with Gasteiger partial charge < -0.3 is 10.5 Å². The van der Waals surface area contributed by atoms with Crippen molar-refractivity contribution in [3.8, 4) is 5.75 Å². The summed E-state index contributed by atoms with van der Waals surface area (Å²) in [7, 11) is 0. The van der Waals surface area contributed by atoms with Crippen molar-refractivity contribution in [3.05, 3.63) is 63.7 Å². The van der Waals surface area contributed by atoms with E-state index in [9.17, 15) is 10.1 Å². The molecule has 0 saturated heterocycles. The zero-order valence-electron chi connectivity index (χ0n) is 15.9. The van der Waals surface area contributed by atoms with E-state index in [1.165, 1.54) is 17.2 Å². The maximum absolute atomic E-state index is 11.0. The number of benzene rings is 2. The van der Waals surface area contributed by atoms with E-state index >= 15 is 0 Å². The van der Waals surface area contributed by atoms with Crippen LogP contribution in [-0.2, 0) is 13.0 Å². The van der Waals surface area contributed by atoms with Gasteiger partial charge in [0.2, 0.25) is 0 Å². The number of hydrogen-bond donors (Lipinski definition) is 1. The molecule has 3 rings (SSSR count). The molecule has 0 aliphatic carbocycles. The molecular formula is C21H27N3O3. The first-order chi connectivity index (χ1) is 13.0. The van der Waals surface area contributed by atoms with Crippen LogP contribution in [0, 0.1) is 16.0 Å². The fourth-order valence-corrected chi connectivity index (χ4v) is 3.74. The van der Waals surface area contributed by atoms with Gasteiger partial charge in [-0.05, 0) is 42.9 Å². The topological polar surface area (TPSA) is 81.6 Å². The summed E-state index contributed by atoms with van der Waals surface area (Å²) in [5.41, 5.74) is 8.72. The lowest BCUT2D eigenvalue weighted by atomic mass is 9.96. The number of nitrogen functional groups attached to an aromatic ring is 1. The molecule has 0 aromatic heterocycles. The maximum Gasteiger partial charge on any atom is 0.295 e. The van der Waals surface area contributed by atoms with Crippen molar-refractivity contribution in [1.29, 1.82) is 0 Å². The summed E-state index contributed by atoms with van der Waals surface area (Å²) in [6.45, 7) is 6.94. The highest BCUT2D eigenvalue weighted by Crippen LogP contribution is 2.31. The van der Waals surface area contributed by atoms with Crippen molar-refractivity contribution in [2.24, 2.45) is 5.92 Å². The number of anilines is 1. The lowest BCUT2D eigenvalue weighted by molar-refractivity contribution is -0.384. The van der Waals surface area contributed by atoms with Crippen LogP contribution >= 0.6 is 0 Å². The van der Waals surface area contributed by atoms with Gasteiger partial charge in [-0.25, -0.2) is 0 Å². The van der Waals surface area contributed by atoms with E-state index < -0.39 is 4.92 Å². The summed E-state index contributed by atoms with van der Waals surface area (Å²) in [6.07, 6.45) is 2.09. The third kappa shape index (κ3) is 4.57. The summed E-state index contributed by atoms with van der Waals surface area (Å²) in [6, 6.07) is 13.8. The second-order valence-corrected chi connectivity index (χ2v) is 7.44. The van der Waals surface area contributed by atoms with Crippen molar-refractivity contribution in [2.45, 2.75) is 39.3 Å². The maximum atomic E-state index is 11.0. The van der Waals surface area contributed by atoms with Crippen LogP contribution in [0.25, 0.3) is 0 Å². The number of para-hydroxylation sites is 1. The van der Waals surface area contributed by atoms with Gasteiger partial charge in [0.15, 0.2) is 5.69 Å². The number of nitrogens with zero attached hydrogens (tertiary/aromatic N) is 2. The number of fused-ring (bicyclic) bond motifs is 1. The van der Waals surface area contributed by atoms with Gasteiger partial charge in [0.1, 0.15) is 5.75 Å². The molecule has 1 aliphatic rings. The summed E-state index contributed by atoms with van der Waals surface area (Å²) < 4.78 is 5.79. The zero-order chi connectivity index (χ0) is 19.4. The molecular weight excluding hydrogens is 342 g/mol. The molecule has 0 saturated carbocycles. The van der Waals surface area contributed by atoms with Crippen LogP contribution in [0.15, 0.2) is 42.5 Å².